The molecule has 0 saturated heterocycles. The fraction of sp³-hybridized carbons (Fsp3) is 0.0345. The lowest BCUT2D eigenvalue weighted by Gasteiger charge is -2.21. The Morgan fingerprint density at radius 3 is 1.87 bits per heavy atom. The van der Waals surface area contributed by atoms with Gasteiger partial charge in [0.15, 0.2) is 0 Å². The second-order valence-electron chi connectivity index (χ2n) is 7.95. The molecule has 1 atom stereocenters. The number of aliphatic hydroxyl groups is 1. The predicted molar refractivity (Wildman–Crippen MR) is 132 cm³/mol. The van der Waals surface area contributed by atoms with Gasteiger partial charge in [-0.2, -0.15) is 0 Å². The molecule has 148 valence electrons. The SMILES string of the molecule is OC1c2ccccc2-c2c1c(-c1ccc(Br)cc1)c1ccccc1c2-c1ccccc1. The van der Waals surface area contributed by atoms with E-state index in [1.54, 1.807) is 0 Å². The molecule has 0 aliphatic heterocycles. The van der Waals surface area contributed by atoms with Crippen LogP contribution in [0.2, 0.25) is 0 Å². The molecule has 5 aromatic carbocycles. The van der Waals surface area contributed by atoms with Crippen LogP contribution in [0.25, 0.3) is 44.2 Å². The van der Waals surface area contributed by atoms with E-state index in [2.05, 4.69) is 101 Å². The molecule has 6 rings (SSSR count). The summed E-state index contributed by atoms with van der Waals surface area (Å²) in [4.78, 5) is 0. The van der Waals surface area contributed by atoms with Crippen LogP contribution >= 0.6 is 15.9 Å². The minimum atomic E-state index is -0.656. The first-order valence-electron chi connectivity index (χ1n) is 10.4. The number of rotatable bonds is 2. The lowest BCUT2D eigenvalue weighted by atomic mass is 9.83. The van der Waals surface area contributed by atoms with E-state index in [0.717, 1.165) is 43.2 Å². The molecule has 0 radical (unpaired) electrons. The van der Waals surface area contributed by atoms with Crippen molar-refractivity contribution in [2.75, 3.05) is 0 Å². The van der Waals surface area contributed by atoms with Crippen molar-refractivity contribution in [1.29, 1.82) is 0 Å². The summed E-state index contributed by atoms with van der Waals surface area (Å²) in [6.45, 7) is 0. The monoisotopic (exact) mass is 462 g/mol. The van der Waals surface area contributed by atoms with Crippen LogP contribution in [0.1, 0.15) is 17.2 Å². The van der Waals surface area contributed by atoms with Crippen molar-refractivity contribution in [3.63, 3.8) is 0 Å². The normalized spacial score (nSPS) is 14.5. The summed E-state index contributed by atoms with van der Waals surface area (Å²) in [5, 5.41) is 13.9. The zero-order chi connectivity index (χ0) is 20.9. The molecule has 0 saturated carbocycles. The third-order valence-electron chi connectivity index (χ3n) is 6.25. The van der Waals surface area contributed by atoms with Gasteiger partial charge in [-0.05, 0) is 61.8 Å². The highest BCUT2D eigenvalue weighted by Gasteiger charge is 2.34. The van der Waals surface area contributed by atoms with Crippen molar-refractivity contribution in [3.05, 3.63) is 119 Å². The van der Waals surface area contributed by atoms with Gasteiger partial charge >= 0.3 is 0 Å². The summed E-state index contributed by atoms with van der Waals surface area (Å²) in [6, 6.07) is 35.7. The van der Waals surface area contributed by atoms with E-state index in [9.17, 15) is 5.11 Å². The van der Waals surface area contributed by atoms with Gasteiger partial charge in [0.1, 0.15) is 6.10 Å². The minimum Gasteiger partial charge on any atom is -0.384 e. The third kappa shape index (κ3) is 2.79. The van der Waals surface area contributed by atoms with Crippen molar-refractivity contribution < 1.29 is 5.11 Å². The maximum absolute atomic E-state index is 11.6. The van der Waals surface area contributed by atoms with Crippen molar-refractivity contribution in [3.8, 4) is 33.4 Å². The largest absolute Gasteiger partial charge is 0.384 e. The first-order chi connectivity index (χ1) is 15.2. The summed E-state index contributed by atoms with van der Waals surface area (Å²) in [6.07, 6.45) is -0.656. The second-order valence-corrected chi connectivity index (χ2v) is 8.86. The standard InChI is InChI=1S/C29H19BrO/c30-20-16-14-19(15-17-20)26-22-11-5-4-10-21(22)25(18-8-2-1-3-9-18)27-23-12-6-7-13-24(23)29(31)28(26)27/h1-17,29,31H. The number of hydrogen-bond donors (Lipinski definition) is 1. The molecular weight excluding hydrogens is 444 g/mol. The molecule has 1 unspecified atom stereocenters. The molecule has 0 heterocycles. The van der Waals surface area contributed by atoms with Crippen molar-refractivity contribution in [1.82, 2.24) is 0 Å². The molecule has 1 aliphatic carbocycles. The van der Waals surface area contributed by atoms with Crippen LogP contribution in [0.15, 0.2) is 108 Å². The van der Waals surface area contributed by atoms with E-state index in [0.29, 0.717) is 0 Å². The fourth-order valence-electron chi connectivity index (χ4n) is 4.96. The number of benzene rings is 5. The molecule has 1 aliphatic rings. The van der Waals surface area contributed by atoms with Crippen molar-refractivity contribution in [2.45, 2.75) is 6.10 Å². The average Bonchev–Trinajstić information content (AvgIpc) is 3.11. The van der Waals surface area contributed by atoms with E-state index < -0.39 is 6.10 Å². The average molecular weight is 463 g/mol. The van der Waals surface area contributed by atoms with Crippen LogP contribution in [-0.4, -0.2) is 5.11 Å². The Labute approximate surface area is 189 Å². The van der Waals surface area contributed by atoms with Crippen molar-refractivity contribution >= 4 is 26.7 Å². The van der Waals surface area contributed by atoms with Gasteiger partial charge in [0.25, 0.3) is 0 Å². The summed E-state index contributed by atoms with van der Waals surface area (Å²) < 4.78 is 1.04. The third-order valence-corrected chi connectivity index (χ3v) is 6.78. The van der Waals surface area contributed by atoms with Gasteiger partial charge < -0.3 is 5.11 Å². The Hall–Kier alpha value is -3.20. The molecule has 1 N–H and O–H groups in total. The first-order valence-corrected chi connectivity index (χ1v) is 11.2. The molecular formula is C29H19BrO. The number of aliphatic hydroxyl groups excluding tert-OH is 1. The van der Waals surface area contributed by atoms with Crippen LogP contribution in [0, 0.1) is 0 Å². The van der Waals surface area contributed by atoms with E-state index in [1.807, 2.05) is 18.2 Å². The highest BCUT2D eigenvalue weighted by molar-refractivity contribution is 9.10. The summed E-state index contributed by atoms with van der Waals surface area (Å²) in [5.41, 5.74) is 8.82. The Morgan fingerprint density at radius 2 is 1.13 bits per heavy atom. The van der Waals surface area contributed by atoms with E-state index in [-0.39, 0.29) is 0 Å². The van der Waals surface area contributed by atoms with Gasteiger partial charge in [-0.1, -0.05) is 107 Å². The van der Waals surface area contributed by atoms with Crippen LogP contribution < -0.4 is 0 Å². The summed E-state index contributed by atoms with van der Waals surface area (Å²) in [5.74, 6) is 0. The lowest BCUT2D eigenvalue weighted by molar-refractivity contribution is 0.226. The highest BCUT2D eigenvalue weighted by Crippen LogP contribution is 2.55. The topological polar surface area (TPSA) is 20.2 Å². The summed E-state index contributed by atoms with van der Waals surface area (Å²) in [7, 11) is 0. The zero-order valence-electron chi connectivity index (χ0n) is 16.7. The van der Waals surface area contributed by atoms with Crippen LogP contribution in [0.4, 0.5) is 0 Å². The molecule has 2 heteroatoms. The Balaban J connectivity index is 1.84. The first kappa shape index (κ1) is 18.6. The van der Waals surface area contributed by atoms with Gasteiger partial charge in [-0.3, -0.25) is 0 Å². The zero-order valence-corrected chi connectivity index (χ0v) is 18.3. The van der Waals surface area contributed by atoms with Crippen LogP contribution in [0.5, 0.6) is 0 Å². The van der Waals surface area contributed by atoms with E-state index in [1.165, 1.54) is 16.5 Å². The Bertz CT molecular complexity index is 1440. The summed E-state index contributed by atoms with van der Waals surface area (Å²) >= 11 is 3.56. The van der Waals surface area contributed by atoms with Gasteiger partial charge in [-0.25, -0.2) is 0 Å². The van der Waals surface area contributed by atoms with Gasteiger partial charge in [0.2, 0.25) is 0 Å². The predicted octanol–water partition coefficient (Wildman–Crippen LogP) is 8.00. The van der Waals surface area contributed by atoms with E-state index in [4.69, 9.17) is 0 Å². The van der Waals surface area contributed by atoms with Crippen molar-refractivity contribution in [2.24, 2.45) is 0 Å². The minimum absolute atomic E-state index is 0.656. The Kier molecular flexibility index (Phi) is 4.31. The molecule has 0 spiro atoms. The molecule has 5 aromatic rings. The number of fused-ring (bicyclic) bond motifs is 4. The highest BCUT2D eigenvalue weighted by atomic mass is 79.9. The second kappa shape index (κ2) is 7.19. The fourth-order valence-corrected chi connectivity index (χ4v) is 5.23. The van der Waals surface area contributed by atoms with Crippen LogP contribution in [0.3, 0.4) is 0 Å². The maximum Gasteiger partial charge on any atom is 0.106 e. The smallest absolute Gasteiger partial charge is 0.106 e. The number of hydrogen-bond acceptors (Lipinski definition) is 1. The molecule has 0 amide bonds. The van der Waals surface area contributed by atoms with E-state index >= 15 is 0 Å². The van der Waals surface area contributed by atoms with Gasteiger partial charge in [-0.15, -0.1) is 0 Å². The number of halogens is 1. The molecule has 31 heavy (non-hydrogen) atoms. The quantitative estimate of drug-likeness (QED) is 0.281. The molecule has 0 aromatic heterocycles. The lowest BCUT2D eigenvalue weighted by Crippen LogP contribution is -1.99. The molecule has 0 bridgehead atoms. The van der Waals surface area contributed by atoms with Gasteiger partial charge in [0, 0.05) is 10.0 Å². The molecule has 1 nitrogen and oxygen atoms in total. The molecule has 0 fully saturated rings. The van der Waals surface area contributed by atoms with Gasteiger partial charge in [0.05, 0.1) is 0 Å². The van der Waals surface area contributed by atoms with Crippen LogP contribution in [-0.2, 0) is 0 Å². The maximum atomic E-state index is 11.6. The Morgan fingerprint density at radius 1 is 0.548 bits per heavy atom.